The lowest BCUT2D eigenvalue weighted by molar-refractivity contribution is -0.141. The highest BCUT2D eigenvalue weighted by atomic mass is 16.5. The standard InChI is InChI=1S/C31H26N4O4/c1-4-38-24-12-13-26(20(2)15-24)29-22(18-35(33-29)23-9-6-5-7-10-23)16-27-21(3)28(17-32)31(37)34(30(27)36)19-25-11-8-14-39-25/h5-16,18H,4,19H2,1-3H3/b27-16+. The number of amides is 2. The van der Waals surface area contributed by atoms with E-state index < -0.39 is 11.8 Å². The Morgan fingerprint density at radius 2 is 1.85 bits per heavy atom. The van der Waals surface area contributed by atoms with Gasteiger partial charge in [0.25, 0.3) is 11.8 Å². The topological polar surface area (TPSA) is 101 Å². The molecule has 0 N–H and O–H groups in total. The van der Waals surface area contributed by atoms with Gasteiger partial charge >= 0.3 is 0 Å². The molecule has 0 spiro atoms. The van der Waals surface area contributed by atoms with Crippen LogP contribution in [-0.4, -0.2) is 33.1 Å². The number of nitrogens with zero attached hydrogens (tertiary/aromatic N) is 4. The van der Waals surface area contributed by atoms with Gasteiger partial charge < -0.3 is 9.15 Å². The summed E-state index contributed by atoms with van der Waals surface area (Å²) in [7, 11) is 0. The molecule has 0 atom stereocenters. The zero-order valence-corrected chi connectivity index (χ0v) is 21.8. The second kappa shape index (κ2) is 10.7. The summed E-state index contributed by atoms with van der Waals surface area (Å²) in [6.07, 6.45) is 5.02. The van der Waals surface area contributed by atoms with Gasteiger partial charge in [0, 0.05) is 22.9 Å². The Morgan fingerprint density at radius 3 is 2.51 bits per heavy atom. The summed E-state index contributed by atoms with van der Waals surface area (Å²) in [5.41, 5.74) is 4.48. The van der Waals surface area contributed by atoms with Crippen LogP contribution in [0.1, 0.15) is 30.7 Å². The number of aromatic nitrogens is 2. The lowest BCUT2D eigenvalue weighted by atomic mass is 9.92. The van der Waals surface area contributed by atoms with Crippen molar-refractivity contribution in [3.8, 4) is 28.8 Å². The van der Waals surface area contributed by atoms with Crippen LogP contribution in [0.15, 0.2) is 94.3 Å². The molecule has 2 amide bonds. The largest absolute Gasteiger partial charge is 0.494 e. The molecule has 1 aliphatic heterocycles. The third kappa shape index (κ3) is 4.90. The minimum atomic E-state index is -0.642. The lowest BCUT2D eigenvalue weighted by Crippen LogP contribution is -2.42. The minimum Gasteiger partial charge on any atom is -0.494 e. The van der Waals surface area contributed by atoms with Crippen molar-refractivity contribution >= 4 is 17.9 Å². The van der Waals surface area contributed by atoms with Crippen molar-refractivity contribution in [2.24, 2.45) is 0 Å². The quantitative estimate of drug-likeness (QED) is 0.232. The van der Waals surface area contributed by atoms with Crippen LogP contribution in [0.25, 0.3) is 23.0 Å². The van der Waals surface area contributed by atoms with Crippen LogP contribution in [0.2, 0.25) is 0 Å². The van der Waals surface area contributed by atoms with Crippen LogP contribution in [0.5, 0.6) is 5.75 Å². The number of carbonyl (C=O) groups excluding carboxylic acids is 2. The highest BCUT2D eigenvalue weighted by Gasteiger charge is 2.36. The smallest absolute Gasteiger partial charge is 0.272 e. The number of imide groups is 1. The minimum absolute atomic E-state index is 0.0748. The molecule has 1 aliphatic rings. The molecule has 0 saturated carbocycles. The number of nitriles is 1. The second-order valence-corrected chi connectivity index (χ2v) is 9.07. The van der Waals surface area contributed by atoms with Gasteiger partial charge in [-0.25, -0.2) is 4.68 Å². The summed E-state index contributed by atoms with van der Waals surface area (Å²) >= 11 is 0. The molecule has 0 radical (unpaired) electrons. The van der Waals surface area contributed by atoms with E-state index in [0.717, 1.165) is 27.5 Å². The van der Waals surface area contributed by atoms with Gasteiger partial charge in [0.1, 0.15) is 28.8 Å². The summed E-state index contributed by atoms with van der Waals surface area (Å²) < 4.78 is 12.8. The number of furan rings is 1. The maximum Gasteiger partial charge on any atom is 0.272 e. The highest BCUT2D eigenvalue weighted by molar-refractivity contribution is 6.19. The van der Waals surface area contributed by atoms with Crippen LogP contribution in [0, 0.1) is 18.3 Å². The molecule has 0 aliphatic carbocycles. The molecule has 8 heteroatoms. The Morgan fingerprint density at radius 1 is 1.05 bits per heavy atom. The van der Waals surface area contributed by atoms with Crippen molar-refractivity contribution in [2.45, 2.75) is 27.3 Å². The van der Waals surface area contributed by atoms with Crippen molar-refractivity contribution in [1.82, 2.24) is 14.7 Å². The molecule has 3 heterocycles. The molecular formula is C31H26N4O4. The molecule has 0 unspecified atom stereocenters. The number of aryl methyl sites for hydroxylation is 1. The number of ether oxygens (including phenoxy) is 1. The van der Waals surface area contributed by atoms with E-state index in [4.69, 9.17) is 14.3 Å². The van der Waals surface area contributed by atoms with Gasteiger partial charge in [-0.1, -0.05) is 18.2 Å². The van der Waals surface area contributed by atoms with E-state index >= 15 is 0 Å². The molecular weight excluding hydrogens is 492 g/mol. The fourth-order valence-electron chi connectivity index (χ4n) is 4.56. The average Bonchev–Trinajstić information content (AvgIpc) is 3.60. The molecule has 0 fully saturated rings. The first-order valence-electron chi connectivity index (χ1n) is 12.5. The second-order valence-electron chi connectivity index (χ2n) is 9.07. The maximum atomic E-state index is 13.7. The van der Waals surface area contributed by atoms with Gasteiger partial charge in [0.15, 0.2) is 0 Å². The summed E-state index contributed by atoms with van der Waals surface area (Å²) in [5, 5.41) is 14.7. The molecule has 2 aromatic carbocycles. The van der Waals surface area contributed by atoms with Gasteiger partial charge in [-0.3, -0.25) is 14.5 Å². The Hall–Kier alpha value is -5.16. The monoisotopic (exact) mass is 518 g/mol. The van der Waals surface area contributed by atoms with Crippen molar-refractivity contribution in [3.05, 3.63) is 107 Å². The van der Waals surface area contributed by atoms with Crippen LogP contribution in [-0.2, 0) is 16.1 Å². The fraction of sp³-hybridized carbons (Fsp3) is 0.161. The molecule has 0 saturated heterocycles. The van der Waals surface area contributed by atoms with E-state index in [9.17, 15) is 14.9 Å². The van der Waals surface area contributed by atoms with Crippen LogP contribution in [0.4, 0.5) is 0 Å². The third-order valence-electron chi connectivity index (χ3n) is 6.55. The number of para-hydroxylation sites is 1. The van der Waals surface area contributed by atoms with Gasteiger partial charge in [0.05, 0.1) is 25.1 Å². The molecule has 39 heavy (non-hydrogen) atoms. The predicted octanol–water partition coefficient (Wildman–Crippen LogP) is 5.63. The Bertz CT molecular complexity index is 1650. The number of hydrogen-bond donors (Lipinski definition) is 0. The average molecular weight is 519 g/mol. The van der Waals surface area contributed by atoms with Crippen molar-refractivity contribution < 1.29 is 18.7 Å². The number of benzene rings is 2. The van der Waals surface area contributed by atoms with E-state index in [-0.39, 0.29) is 17.7 Å². The predicted molar refractivity (Wildman–Crippen MR) is 145 cm³/mol. The Balaban J connectivity index is 1.67. The first-order chi connectivity index (χ1) is 18.9. The summed E-state index contributed by atoms with van der Waals surface area (Å²) in [6.45, 7) is 6.01. The first-order valence-corrected chi connectivity index (χ1v) is 12.5. The number of rotatable bonds is 7. The van der Waals surface area contributed by atoms with Gasteiger partial charge in [-0.2, -0.15) is 10.4 Å². The zero-order valence-electron chi connectivity index (χ0n) is 21.8. The Kier molecular flexibility index (Phi) is 6.98. The van der Waals surface area contributed by atoms with Crippen molar-refractivity contribution in [3.63, 3.8) is 0 Å². The van der Waals surface area contributed by atoms with Gasteiger partial charge in [-0.05, 0) is 80.4 Å². The molecule has 0 bridgehead atoms. The molecule has 2 aromatic heterocycles. The number of hydrogen-bond acceptors (Lipinski definition) is 6. The normalized spacial score (nSPS) is 14.7. The van der Waals surface area contributed by atoms with E-state index in [1.165, 1.54) is 6.26 Å². The lowest BCUT2D eigenvalue weighted by Gasteiger charge is -2.26. The SMILES string of the molecule is CCOc1ccc(-c2nn(-c3ccccc3)cc2/C=C2/C(=O)N(Cc3ccco3)C(=O)C(C#N)=C2C)c(C)c1. The summed E-state index contributed by atoms with van der Waals surface area (Å²) in [5.74, 6) is 0.0504. The molecule has 5 rings (SSSR count). The Labute approximate surface area is 226 Å². The van der Waals surface area contributed by atoms with E-state index in [1.54, 1.807) is 29.8 Å². The first kappa shape index (κ1) is 25.5. The van der Waals surface area contributed by atoms with Gasteiger partial charge in [0.2, 0.25) is 0 Å². The van der Waals surface area contributed by atoms with Crippen molar-refractivity contribution in [1.29, 1.82) is 5.26 Å². The summed E-state index contributed by atoms with van der Waals surface area (Å²) in [4.78, 5) is 27.7. The van der Waals surface area contributed by atoms with E-state index in [1.807, 2.05) is 74.6 Å². The zero-order chi connectivity index (χ0) is 27.5. The summed E-state index contributed by atoms with van der Waals surface area (Å²) in [6, 6.07) is 20.8. The molecule has 4 aromatic rings. The number of carbonyl (C=O) groups is 2. The third-order valence-corrected chi connectivity index (χ3v) is 6.55. The highest BCUT2D eigenvalue weighted by Crippen LogP contribution is 2.34. The van der Waals surface area contributed by atoms with E-state index in [0.29, 0.717) is 29.2 Å². The van der Waals surface area contributed by atoms with Gasteiger partial charge in [-0.15, -0.1) is 0 Å². The van der Waals surface area contributed by atoms with Crippen LogP contribution < -0.4 is 4.74 Å². The molecule has 194 valence electrons. The van der Waals surface area contributed by atoms with Crippen LogP contribution >= 0.6 is 0 Å². The maximum absolute atomic E-state index is 13.7. The fourth-order valence-corrected chi connectivity index (χ4v) is 4.56. The van der Waals surface area contributed by atoms with Crippen LogP contribution in [0.3, 0.4) is 0 Å². The molecule has 8 nitrogen and oxygen atoms in total. The van der Waals surface area contributed by atoms with E-state index in [2.05, 4.69) is 0 Å². The van der Waals surface area contributed by atoms with Crippen molar-refractivity contribution in [2.75, 3.05) is 6.61 Å².